The molecule has 0 aliphatic carbocycles. The van der Waals surface area contributed by atoms with Gasteiger partial charge in [0.1, 0.15) is 5.75 Å². The molecule has 4 aliphatic heterocycles. The second kappa shape index (κ2) is 26.0. The van der Waals surface area contributed by atoms with Gasteiger partial charge in [-0.1, -0.05) is 92.3 Å². The molecule has 3 aromatic carbocycles. The first-order valence-corrected chi connectivity index (χ1v) is 25.9. The van der Waals surface area contributed by atoms with Gasteiger partial charge in [-0.05, 0) is 153 Å². The second-order valence-electron chi connectivity index (χ2n) is 20.9. The second-order valence-corrected chi connectivity index (χ2v) is 20.9. The first-order valence-electron chi connectivity index (χ1n) is 25.9. The minimum absolute atomic E-state index is 0.0208. The van der Waals surface area contributed by atoms with E-state index in [1.165, 1.54) is 0 Å². The molecule has 388 valence electrons. The van der Waals surface area contributed by atoms with E-state index >= 15 is 0 Å². The van der Waals surface area contributed by atoms with Crippen LogP contribution in [0.5, 0.6) is 5.75 Å². The van der Waals surface area contributed by atoms with Crippen molar-refractivity contribution in [2.75, 3.05) is 13.2 Å². The molecule has 1 fully saturated rings. The van der Waals surface area contributed by atoms with Crippen LogP contribution in [0, 0.1) is 23.7 Å². The number of aryl methyl sites for hydroxylation is 1. The number of phenols is 1. The van der Waals surface area contributed by atoms with Gasteiger partial charge in [0.05, 0.1) is 54.7 Å². The molecular formula is C58H80N2O11. The van der Waals surface area contributed by atoms with E-state index in [0.29, 0.717) is 60.8 Å². The van der Waals surface area contributed by atoms with E-state index in [1.54, 1.807) is 37.3 Å². The third kappa shape index (κ3) is 14.9. The number of hydrogen-bond acceptors (Lipinski definition) is 12. The van der Waals surface area contributed by atoms with Crippen molar-refractivity contribution >= 4 is 5.97 Å². The lowest BCUT2D eigenvalue weighted by molar-refractivity contribution is -0.139. The summed E-state index contributed by atoms with van der Waals surface area (Å²) >= 11 is 0. The highest BCUT2D eigenvalue weighted by Gasteiger charge is 2.49. The monoisotopic (exact) mass is 981 g/mol. The van der Waals surface area contributed by atoms with E-state index in [4.69, 9.17) is 0 Å². The molecule has 12 N–H and O–H groups in total. The molecule has 1 saturated heterocycles. The summed E-state index contributed by atoms with van der Waals surface area (Å²) in [5, 5.41) is 121. The van der Waals surface area contributed by atoms with E-state index in [9.17, 15) is 55.9 Å². The molecular weight excluding hydrogens is 901 g/mol. The van der Waals surface area contributed by atoms with Crippen LogP contribution in [0.3, 0.4) is 0 Å². The molecule has 0 radical (unpaired) electrons. The molecule has 0 amide bonds. The molecule has 4 aliphatic rings. The maximum atomic E-state index is 13.6. The van der Waals surface area contributed by atoms with E-state index in [0.717, 1.165) is 28.7 Å². The quantitative estimate of drug-likeness (QED) is 0.0851. The Hall–Kier alpha value is -4.43. The first kappa shape index (κ1) is 55.9. The highest BCUT2D eigenvalue weighted by molar-refractivity contribution is 5.67. The molecule has 71 heavy (non-hydrogen) atoms. The van der Waals surface area contributed by atoms with Crippen molar-refractivity contribution in [3.63, 3.8) is 0 Å². The Balaban J connectivity index is 1.65. The highest BCUT2D eigenvalue weighted by Crippen LogP contribution is 2.40. The fourth-order valence-corrected chi connectivity index (χ4v) is 11.4. The van der Waals surface area contributed by atoms with Gasteiger partial charge in [0, 0.05) is 43.1 Å². The summed E-state index contributed by atoms with van der Waals surface area (Å²) in [4.78, 5) is 12.7. The van der Waals surface area contributed by atoms with Crippen LogP contribution in [0.1, 0.15) is 125 Å². The van der Waals surface area contributed by atoms with Crippen LogP contribution in [0.15, 0.2) is 90.0 Å². The Morgan fingerprint density at radius 2 is 1.69 bits per heavy atom. The number of benzene rings is 3. The number of carboxylic acids is 1. The van der Waals surface area contributed by atoms with E-state index in [1.807, 2.05) is 62.4 Å². The standard InChI is InChI=1S/C58H80N2O11/c1-4-5-12-51(65)52(66)25-21-42-19-18-41-10-7-6-9-40(41)11-8-28-58(57(3,71)35-44-20-22-45(63)31-43(44)27-29-61)34-39-16-14-38(15-17-39)30-54(68)47-23-13-37(2)59-56(49(47)33-55(69)70)53(67)26-24-50(60-58)48(42)32-46(64)36-62/h6-7,9-10,14-17,20-22,25,31,37,46-47,49-54,56,59-68,71H,4-5,12-13,18-19,23-24,26-30,32-36H2,1-3H3,(H,69,70)/b25-21+,48-42+/t37-,46-,47+,49+,50+,51-,52+,53+,54+,56+,57-,58+/m0/s1. The topological polar surface area (TPSA) is 243 Å². The zero-order valence-electron chi connectivity index (χ0n) is 41.9. The molecule has 4 heterocycles. The van der Waals surface area contributed by atoms with Crippen molar-refractivity contribution in [3.05, 3.63) is 123 Å². The summed E-state index contributed by atoms with van der Waals surface area (Å²) in [7, 11) is 0. The lowest BCUT2D eigenvalue weighted by Crippen LogP contribution is -2.66. The van der Waals surface area contributed by atoms with Crippen LogP contribution >= 0.6 is 0 Å². The number of fused-ring (bicyclic) bond motifs is 6. The largest absolute Gasteiger partial charge is 0.508 e. The molecule has 7 rings (SSSR count). The van der Waals surface area contributed by atoms with Crippen LogP contribution < -0.4 is 10.6 Å². The van der Waals surface area contributed by atoms with Gasteiger partial charge < -0.3 is 61.7 Å². The predicted octanol–water partition coefficient (Wildman–Crippen LogP) is 4.96. The molecule has 0 saturated carbocycles. The Kier molecular flexibility index (Phi) is 20.5. The van der Waals surface area contributed by atoms with Gasteiger partial charge in [-0.15, -0.1) is 0 Å². The maximum Gasteiger partial charge on any atom is 0.303 e. The van der Waals surface area contributed by atoms with Gasteiger partial charge in [0.2, 0.25) is 0 Å². The minimum Gasteiger partial charge on any atom is -0.508 e. The Morgan fingerprint density at radius 1 is 0.944 bits per heavy atom. The van der Waals surface area contributed by atoms with Crippen LogP contribution in [-0.4, -0.2) is 130 Å². The van der Waals surface area contributed by atoms with Crippen molar-refractivity contribution in [2.24, 2.45) is 11.8 Å². The zero-order valence-corrected chi connectivity index (χ0v) is 41.9. The van der Waals surface area contributed by atoms with Gasteiger partial charge in [0.15, 0.2) is 0 Å². The summed E-state index contributed by atoms with van der Waals surface area (Å²) in [6.45, 7) is 5.00. The van der Waals surface area contributed by atoms with E-state index in [2.05, 4.69) is 22.5 Å². The lowest BCUT2D eigenvalue weighted by Gasteiger charge is -2.49. The van der Waals surface area contributed by atoms with Crippen molar-refractivity contribution < 1.29 is 55.9 Å². The Bertz CT molecular complexity index is 2320. The molecule has 13 heteroatoms. The molecule has 0 spiro atoms. The number of phenolic OH excluding ortho intramolecular Hbond substituents is 1. The molecule has 12 atom stereocenters. The normalized spacial score (nSPS) is 28.7. The molecule has 0 unspecified atom stereocenters. The number of unbranched alkanes of at least 4 members (excludes halogenated alkanes) is 1. The summed E-state index contributed by atoms with van der Waals surface area (Å²) in [5.74, 6) is 4.83. The average molecular weight is 981 g/mol. The summed E-state index contributed by atoms with van der Waals surface area (Å²) in [5.41, 5.74) is 3.08. The summed E-state index contributed by atoms with van der Waals surface area (Å²) < 4.78 is 0. The SMILES string of the molecule is CCCC[C@H](O)[C@H](O)/C=C/C1=C(\C[C@H](O)CO)[C@H]2CC[C@@H](O)[C@@H]3N[C@@H](C)CC[C@H]([C@H]3CC(=O)O)[C@H](O)Cc3ccc(cc3)C[C@@]([C@@](C)(O)Cc3ccc(O)cc3CCO)(CC#Cc3ccccc3CC1)N2. The molecule has 0 aromatic heterocycles. The van der Waals surface area contributed by atoms with E-state index < -0.39 is 78.2 Å². The third-order valence-electron chi connectivity index (χ3n) is 15.6. The van der Waals surface area contributed by atoms with Gasteiger partial charge in [0.25, 0.3) is 0 Å². The van der Waals surface area contributed by atoms with Crippen LogP contribution in [0.25, 0.3) is 0 Å². The molecule has 6 bridgehead atoms. The van der Waals surface area contributed by atoms with Crippen LogP contribution in [0.4, 0.5) is 0 Å². The number of aliphatic carboxylic acids is 1. The number of aliphatic hydroxyl groups excluding tert-OH is 7. The predicted molar refractivity (Wildman–Crippen MR) is 275 cm³/mol. The lowest BCUT2D eigenvalue weighted by atomic mass is 9.69. The van der Waals surface area contributed by atoms with Gasteiger partial charge in [-0.3, -0.25) is 4.79 Å². The molecule has 13 nitrogen and oxygen atoms in total. The Morgan fingerprint density at radius 3 is 2.41 bits per heavy atom. The fourth-order valence-electron chi connectivity index (χ4n) is 11.4. The number of aromatic hydroxyl groups is 1. The van der Waals surface area contributed by atoms with Crippen molar-refractivity contribution in [3.8, 4) is 17.6 Å². The van der Waals surface area contributed by atoms with Gasteiger partial charge in [-0.2, -0.15) is 0 Å². The highest BCUT2D eigenvalue weighted by atomic mass is 16.4. The smallest absolute Gasteiger partial charge is 0.303 e. The summed E-state index contributed by atoms with van der Waals surface area (Å²) in [6.07, 6.45) is 2.66. The number of allylic oxidation sites excluding steroid dienone is 2. The van der Waals surface area contributed by atoms with E-state index in [-0.39, 0.29) is 76.2 Å². The van der Waals surface area contributed by atoms with Crippen LogP contribution in [-0.2, 0) is 36.9 Å². The van der Waals surface area contributed by atoms with Crippen LogP contribution in [0.2, 0.25) is 0 Å². The summed E-state index contributed by atoms with van der Waals surface area (Å²) in [6, 6.07) is 19.0. The van der Waals surface area contributed by atoms with Crippen molar-refractivity contribution in [1.29, 1.82) is 0 Å². The minimum atomic E-state index is -1.68. The zero-order chi connectivity index (χ0) is 51.3. The number of carbonyl (C=O) groups is 1. The van der Waals surface area contributed by atoms with Crippen molar-refractivity contribution in [2.45, 2.75) is 183 Å². The number of nitrogens with one attached hydrogen (secondary N) is 2. The third-order valence-corrected chi connectivity index (χ3v) is 15.6. The van der Waals surface area contributed by atoms with Gasteiger partial charge in [-0.25, -0.2) is 0 Å². The first-order chi connectivity index (χ1) is 34.0. The van der Waals surface area contributed by atoms with Gasteiger partial charge >= 0.3 is 5.97 Å². The fraction of sp³-hybridized carbons (Fsp3) is 0.569. The number of aliphatic hydroxyl groups is 8. The molecule has 3 aromatic rings. The van der Waals surface area contributed by atoms with Crippen molar-refractivity contribution in [1.82, 2.24) is 10.6 Å². The number of carboxylic acid groups (broad SMARTS) is 1. The number of hydrogen-bond donors (Lipinski definition) is 12. The average Bonchev–Trinajstić information content (AvgIpc) is 3.50. The maximum absolute atomic E-state index is 13.6. The number of rotatable bonds is 16. The Labute approximate surface area is 420 Å².